The Morgan fingerprint density at radius 3 is 1.72 bits per heavy atom. The van der Waals surface area contributed by atoms with Crippen LogP contribution in [0.1, 0.15) is 53.5 Å². The van der Waals surface area contributed by atoms with Crippen molar-refractivity contribution in [2.75, 3.05) is 0 Å². The number of allylic oxidation sites excluding steroid dienone is 2. The van der Waals surface area contributed by atoms with Crippen LogP contribution in [0.15, 0.2) is 176 Å². The lowest BCUT2D eigenvalue weighted by molar-refractivity contribution is 0.652. The van der Waals surface area contributed by atoms with Crippen molar-refractivity contribution in [1.82, 2.24) is 4.57 Å². The summed E-state index contributed by atoms with van der Waals surface area (Å²) in [5, 5.41) is 2.57. The average Bonchev–Trinajstić information content (AvgIpc) is 3.61. The van der Waals surface area contributed by atoms with Crippen LogP contribution in [0.2, 0.25) is 0 Å². The fraction of sp³-hybridized carbons (Fsp3) is 0.102. The highest BCUT2D eigenvalue weighted by molar-refractivity contribution is 6.09. The van der Waals surface area contributed by atoms with Crippen molar-refractivity contribution in [3.63, 3.8) is 0 Å². The second-order valence-electron chi connectivity index (χ2n) is 14.5. The van der Waals surface area contributed by atoms with E-state index in [1.54, 1.807) is 0 Å². The maximum atomic E-state index is 2.51. The quantitative estimate of drug-likeness (QED) is 0.177. The van der Waals surface area contributed by atoms with Crippen molar-refractivity contribution >= 4 is 27.4 Å². The molecule has 0 saturated carbocycles. The first-order chi connectivity index (χ1) is 24.6. The molecule has 0 radical (unpaired) electrons. The van der Waals surface area contributed by atoms with Crippen LogP contribution < -0.4 is 0 Å². The fourth-order valence-electron chi connectivity index (χ4n) is 8.87. The summed E-state index contributed by atoms with van der Waals surface area (Å²) in [6, 6.07) is 62.9. The van der Waals surface area contributed by atoms with Crippen LogP contribution in [0.5, 0.6) is 0 Å². The number of rotatable bonds is 5. The van der Waals surface area contributed by atoms with Gasteiger partial charge in [0.1, 0.15) is 0 Å². The highest BCUT2D eigenvalue weighted by Crippen LogP contribution is 2.55. The lowest BCUT2D eigenvalue weighted by Crippen LogP contribution is -2.22. The fourth-order valence-corrected chi connectivity index (χ4v) is 8.87. The first-order valence-corrected chi connectivity index (χ1v) is 17.8. The monoisotopic (exact) mass is 639 g/mol. The number of para-hydroxylation sites is 2. The van der Waals surface area contributed by atoms with Crippen molar-refractivity contribution < 1.29 is 0 Å². The van der Waals surface area contributed by atoms with Crippen molar-refractivity contribution in [3.8, 4) is 27.9 Å². The number of hydrogen-bond donors (Lipinski definition) is 0. The van der Waals surface area contributed by atoms with E-state index in [9.17, 15) is 0 Å². The van der Waals surface area contributed by atoms with E-state index in [0.717, 1.165) is 0 Å². The minimum absolute atomic E-state index is 0.0173. The topological polar surface area (TPSA) is 4.93 Å². The van der Waals surface area contributed by atoms with Crippen LogP contribution in [0, 0.1) is 0 Å². The van der Waals surface area contributed by atoms with E-state index in [-0.39, 0.29) is 5.41 Å². The van der Waals surface area contributed by atoms with Gasteiger partial charge in [-0.25, -0.2) is 0 Å². The van der Waals surface area contributed by atoms with Gasteiger partial charge < -0.3 is 4.57 Å². The summed E-state index contributed by atoms with van der Waals surface area (Å²) in [6.07, 6.45) is 2.49. The molecular formula is C49H37N. The first kappa shape index (κ1) is 29.0. The van der Waals surface area contributed by atoms with Gasteiger partial charge in [-0.05, 0) is 79.9 Å². The normalized spacial score (nSPS) is 17.3. The summed E-state index contributed by atoms with van der Waals surface area (Å²) in [5.41, 5.74) is 17.2. The summed E-state index contributed by atoms with van der Waals surface area (Å²) in [5.74, 6) is 0.625. The zero-order valence-electron chi connectivity index (χ0n) is 28.3. The van der Waals surface area contributed by atoms with E-state index in [2.05, 4.69) is 194 Å². The van der Waals surface area contributed by atoms with E-state index >= 15 is 0 Å². The van der Waals surface area contributed by atoms with E-state index in [1.807, 2.05) is 0 Å². The van der Waals surface area contributed by atoms with Crippen LogP contribution in [-0.4, -0.2) is 4.57 Å². The summed E-state index contributed by atoms with van der Waals surface area (Å²) in [7, 11) is 0. The van der Waals surface area contributed by atoms with Crippen LogP contribution in [0.3, 0.4) is 0 Å². The highest BCUT2D eigenvalue weighted by Gasteiger charge is 2.39. The molecule has 1 nitrogen and oxygen atoms in total. The van der Waals surface area contributed by atoms with Gasteiger partial charge in [-0.15, -0.1) is 0 Å². The van der Waals surface area contributed by atoms with Gasteiger partial charge in [0.2, 0.25) is 0 Å². The number of aromatic nitrogens is 1. The van der Waals surface area contributed by atoms with Gasteiger partial charge >= 0.3 is 0 Å². The molecule has 1 heteroatoms. The smallest absolute Gasteiger partial charge is 0.0541 e. The molecule has 2 aliphatic carbocycles. The molecule has 1 heterocycles. The molecule has 0 bridgehead atoms. The largest absolute Gasteiger partial charge is 0.309 e. The van der Waals surface area contributed by atoms with Gasteiger partial charge in [-0.1, -0.05) is 166 Å². The zero-order valence-corrected chi connectivity index (χ0v) is 28.3. The Hall–Kier alpha value is -5.92. The molecule has 0 saturated heterocycles. The molecule has 0 amide bonds. The third kappa shape index (κ3) is 4.33. The van der Waals surface area contributed by atoms with Crippen molar-refractivity contribution in [3.05, 3.63) is 204 Å². The van der Waals surface area contributed by atoms with Crippen LogP contribution >= 0.6 is 0 Å². The molecule has 8 aromatic rings. The number of benzene rings is 7. The van der Waals surface area contributed by atoms with E-state index < -0.39 is 0 Å². The zero-order chi connectivity index (χ0) is 33.4. The molecule has 238 valence electrons. The molecule has 50 heavy (non-hydrogen) atoms. The van der Waals surface area contributed by atoms with Crippen molar-refractivity contribution in [2.24, 2.45) is 0 Å². The third-order valence-electron chi connectivity index (χ3n) is 11.5. The molecule has 0 spiro atoms. The molecule has 7 aromatic carbocycles. The lowest BCUT2D eigenvalue weighted by Gasteiger charge is -2.38. The molecule has 1 aromatic heterocycles. The highest BCUT2D eigenvalue weighted by atomic mass is 15.0. The Labute approximate surface area is 293 Å². The summed E-state index contributed by atoms with van der Waals surface area (Å²) >= 11 is 0. The first-order valence-electron chi connectivity index (χ1n) is 17.8. The minimum Gasteiger partial charge on any atom is -0.309 e. The average molecular weight is 640 g/mol. The second kappa shape index (κ2) is 11.1. The summed E-state index contributed by atoms with van der Waals surface area (Å²) < 4.78 is 2.38. The van der Waals surface area contributed by atoms with Crippen LogP contribution in [0.4, 0.5) is 0 Å². The molecule has 10 rings (SSSR count). The van der Waals surface area contributed by atoms with Gasteiger partial charge in [-0.2, -0.15) is 0 Å². The Balaban J connectivity index is 0.985. The Kier molecular flexibility index (Phi) is 6.42. The molecule has 2 unspecified atom stereocenters. The van der Waals surface area contributed by atoms with Gasteiger partial charge in [0.25, 0.3) is 0 Å². The molecule has 0 fully saturated rings. The van der Waals surface area contributed by atoms with E-state index in [4.69, 9.17) is 0 Å². The third-order valence-corrected chi connectivity index (χ3v) is 11.5. The van der Waals surface area contributed by atoms with Crippen LogP contribution in [0.25, 0.3) is 55.3 Å². The van der Waals surface area contributed by atoms with Gasteiger partial charge in [0.05, 0.1) is 11.0 Å². The molecule has 0 aliphatic heterocycles. The number of fused-ring (bicyclic) bond motifs is 6. The number of hydrogen-bond acceptors (Lipinski definition) is 0. The maximum Gasteiger partial charge on any atom is 0.0541 e. The van der Waals surface area contributed by atoms with Gasteiger partial charge in [0, 0.05) is 33.7 Å². The molecule has 2 aliphatic rings. The molecular weight excluding hydrogens is 603 g/mol. The predicted octanol–water partition coefficient (Wildman–Crippen LogP) is 12.7. The minimum atomic E-state index is -0.0173. The summed E-state index contributed by atoms with van der Waals surface area (Å²) in [6.45, 7) is 4.75. The summed E-state index contributed by atoms with van der Waals surface area (Å²) in [4.78, 5) is 0. The van der Waals surface area contributed by atoms with Crippen LogP contribution in [-0.2, 0) is 5.41 Å². The van der Waals surface area contributed by atoms with E-state index in [0.29, 0.717) is 11.8 Å². The van der Waals surface area contributed by atoms with Gasteiger partial charge in [-0.3, -0.25) is 0 Å². The second-order valence-corrected chi connectivity index (χ2v) is 14.5. The van der Waals surface area contributed by atoms with Crippen molar-refractivity contribution in [2.45, 2.75) is 31.1 Å². The number of nitrogens with zero attached hydrogens (tertiary/aromatic N) is 1. The SMILES string of the molecule is CC1(C)c2ccccc2-c2ccc(C3C(c4ccccc4)=CC3c3ccc(-c4ccc(-n5c6ccccc6c6ccccc65)cc4)cc3)cc21. The van der Waals surface area contributed by atoms with Crippen molar-refractivity contribution in [1.29, 1.82) is 0 Å². The Bertz CT molecular complexity index is 2550. The standard InChI is InChI=1S/C49H37N/c1-49(2)44-17-9-6-14-38(44)39-29-26-36(30-45(39)49)48-42(34-12-4-3-5-13-34)31-43(48)35-22-20-32(21-23-35)33-24-27-37(28-25-33)50-46-18-10-7-15-40(46)41-16-8-11-19-47(41)50/h3-31,43,48H,1-2H3. The molecule has 2 atom stereocenters. The Morgan fingerprint density at radius 2 is 1.02 bits per heavy atom. The lowest BCUT2D eigenvalue weighted by atomic mass is 9.65. The maximum absolute atomic E-state index is 2.51. The van der Waals surface area contributed by atoms with E-state index in [1.165, 1.54) is 83.1 Å². The molecule has 0 N–H and O–H groups in total. The predicted molar refractivity (Wildman–Crippen MR) is 210 cm³/mol. The Morgan fingerprint density at radius 1 is 0.460 bits per heavy atom. The van der Waals surface area contributed by atoms with Gasteiger partial charge in [0.15, 0.2) is 0 Å².